The number of anilines is 1. The first kappa shape index (κ1) is 13.1. The zero-order chi connectivity index (χ0) is 13.1. The van der Waals surface area contributed by atoms with Gasteiger partial charge in [0.15, 0.2) is 0 Å². The van der Waals surface area contributed by atoms with Crippen LogP contribution in [0.4, 0.5) is 5.95 Å². The molecule has 3 N–H and O–H groups in total. The van der Waals surface area contributed by atoms with Gasteiger partial charge in [-0.2, -0.15) is 0 Å². The summed E-state index contributed by atoms with van der Waals surface area (Å²) >= 11 is 5.87. The highest BCUT2D eigenvalue weighted by molar-refractivity contribution is 6.31. The van der Waals surface area contributed by atoms with E-state index in [0.717, 1.165) is 31.4 Å². The maximum absolute atomic E-state index is 11.2. The lowest BCUT2D eigenvalue weighted by Gasteiger charge is -2.27. The summed E-state index contributed by atoms with van der Waals surface area (Å²) in [7, 11) is 0. The van der Waals surface area contributed by atoms with Crippen LogP contribution in [-0.4, -0.2) is 21.9 Å². The summed E-state index contributed by atoms with van der Waals surface area (Å²) in [4.78, 5) is 19.6. The van der Waals surface area contributed by atoms with E-state index in [2.05, 4.69) is 15.3 Å². The predicted molar refractivity (Wildman–Crippen MR) is 70.3 cm³/mol. The number of aryl methyl sites for hydroxylation is 1. The highest BCUT2D eigenvalue weighted by Crippen LogP contribution is 2.26. The second-order valence-corrected chi connectivity index (χ2v) is 5.14. The van der Waals surface area contributed by atoms with Crippen molar-refractivity contribution in [3.63, 3.8) is 0 Å². The van der Waals surface area contributed by atoms with Crippen molar-refractivity contribution >= 4 is 23.5 Å². The Balaban J connectivity index is 2.00. The molecule has 0 spiro atoms. The Morgan fingerprint density at radius 1 is 1.56 bits per heavy atom. The van der Waals surface area contributed by atoms with Gasteiger partial charge in [-0.3, -0.25) is 4.79 Å². The SMILES string of the molecule is Cc1nc(N[C@H]2CCC[C@@H](C(N)=O)C2)ncc1Cl. The van der Waals surface area contributed by atoms with Crippen LogP contribution < -0.4 is 11.1 Å². The van der Waals surface area contributed by atoms with Crippen molar-refractivity contribution in [2.45, 2.75) is 38.6 Å². The van der Waals surface area contributed by atoms with E-state index in [-0.39, 0.29) is 17.9 Å². The minimum Gasteiger partial charge on any atom is -0.369 e. The van der Waals surface area contributed by atoms with Crippen molar-refractivity contribution < 1.29 is 4.79 Å². The summed E-state index contributed by atoms with van der Waals surface area (Å²) in [6.07, 6.45) is 5.22. The van der Waals surface area contributed by atoms with Crippen LogP contribution in [0.5, 0.6) is 0 Å². The van der Waals surface area contributed by atoms with E-state index >= 15 is 0 Å². The van der Waals surface area contributed by atoms with Crippen LogP contribution >= 0.6 is 11.6 Å². The number of halogens is 1. The van der Waals surface area contributed by atoms with E-state index in [1.54, 1.807) is 6.20 Å². The highest BCUT2D eigenvalue weighted by atomic mass is 35.5. The lowest BCUT2D eigenvalue weighted by Crippen LogP contribution is -2.34. The fourth-order valence-electron chi connectivity index (χ4n) is 2.28. The Kier molecular flexibility index (Phi) is 4.01. The van der Waals surface area contributed by atoms with Crippen molar-refractivity contribution in [2.24, 2.45) is 11.7 Å². The average Bonchev–Trinajstić information content (AvgIpc) is 2.34. The van der Waals surface area contributed by atoms with Gasteiger partial charge in [0, 0.05) is 12.0 Å². The molecule has 1 aliphatic carbocycles. The normalized spacial score (nSPS) is 23.7. The highest BCUT2D eigenvalue weighted by Gasteiger charge is 2.26. The predicted octanol–water partition coefficient (Wildman–Crippen LogP) is 1.89. The van der Waals surface area contributed by atoms with E-state index in [9.17, 15) is 4.79 Å². The molecule has 1 aromatic rings. The Labute approximate surface area is 111 Å². The number of hydrogen-bond donors (Lipinski definition) is 2. The van der Waals surface area contributed by atoms with Gasteiger partial charge in [-0.1, -0.05) is 18.0 Å². The third-order valence-corrected chi connectivity index (χ3v) is 3.70. The number of primary amides is 1. The minimum absolute atomic E-state index is 0.0374. The second kappa shape index (κ2) is 5.52. The fraction of sp³-hybridized carbons (Fsp3) is 0.583. The smallest absolute Gasteiger partial charge is 0.223 e. The summed E-state index contributed by atoms with van der Waals surface area (Å²) in [6.45, 7) is 1.84. The molecule has 1 aromatic heterocycles. The topological polar surface area (TPSA) is 80.9 Å². The molecule has 6 heteroatoms. The van der Waals surface area contributed by atoms with Crippen molar-refractivity contribution in [1.29, 1.82) is 0 Å². The molecular weight excluding hydrogens is 252 g/mol. The molecule has 0 aliphatic heterocycles. The molecule has 2 atom stereocenters. The molecule has 98 valence electrons. The van der Waals surface area contributed by atoms with Crippen molar-refractivity contribution in [3.8, 4) is 0 Å². The van der Waals surface area contributed by atoms with Crippen LogP contribution in [0.3, 0.4) is 0 Å². The number of carbonyl (C=O) groups is 1. The van der Waals surface area contributed by atoms with Crippen LogP contribution in [0.1, 0.15) is 31.4 Å². The summed E-state index contributed by atoms with van der Waals surface area (Å²) in [5, 5.41) is 3.80. The lowest BCUT2D eigenvalue weighted by atomic mass is 9.85. The Hall–Kier alpha value is -1.36. The van der Waals surface area contributed by atoms with Crippen LogP contribution in [0.2, 0.25) is 5.02 Å². The number of rotatable bonds is 3. The number of aromatic nitrogens is 2. The van der Waals surface area contributed by atoms with Crippen molar-refractivity contribution in [3.05, 3.63) is 16.9 Å². The standard InChI is InChI=1S/C12H17ClN4O/c1-7-10(13)6-15-12(16-7)17-9-4-2-3-8(5-9)11(14)18/h6,8-9H,2-5H2,1H3,(H2,14,18)(H,15,16,17)/t8-,9+/m1/s1. The number of nitrogens with one attached hydrogen (secondary N) is 1. The van der Waals surface area contributed by atoms with E-state index in [4.69, 9.17) is 17.3 Å². The quantitative estimate of drug-likeness (QED) is 0.877. The maximum Gasteiger partial charge on any atom is 0.223 e. The van der Waals surface area contributed by atoms with E-state index < -0.39 is 0 Å². The van der Waals surface area contributed by atoms with Gasteiger partial charge >= 0.3 is 0 Å². The van der Waals surface area contributed by atoms with Gasteiger partial charge in [0.1, 0.15) is 0 Å². The first-order valence-corrected chi connectivity index (χ1v) is 6.49. The lowest BCUT2D eigenvalue weighted by molar-refractivity contribution is -0.122. The molecule has 1 saturated carbocycles. The van der Waals surface area contributed by atoms with Crippen molar-refractivity contribution in [1.82, 2.24) is 9.97 Å². The first-order valence-electron chi connectivity index (χ1n) is 6.11. The van der Waals surface area contributed by atoms with Crippen LogP contribution in [0.15, 0.2) is 6.20 Å². The molecule has 1 amide bonds. The van der Waals surface area contributed by atoms with Gasteiger partial charge in [0.05, 0.1) is 16.9 Å². The molecule has 1 heterocycles. The molecule has 18 heavy (non-hydrogen) atoms. The molecule has 5 nitrogen and oxygen atoms in total. The third kappa shape index (κ3) is 3.10. The minimum atomic E-state index is -0.213. The molecule has 0 unspecified atom stereocenters. The molecule has 0 saturated heterocycles. The largest absolute Gasteiger partial charge is 0.369 e. The average molecular weight is 269 g/mol. The number of carbonyl (C=O) groups excluding carboxylic acids is 1. The Morgan fingerprint density at radius 3 is 3.00 bits per heavy atom. The van der Waals surface area contributed by atoms with E-state index in [1.165, 1.54) is 0 Å². The van der Waals surface area contributed by atoms with E-state index in [0.29, 0.717) is 11.0 Å². The van der Waals surface area contributed by atoms with Gasteiger partial charge in [-0.05, 0) is 26.2 Å². The molecule has 0 aromatic carbocycles. The summed E-state index contributed by atoms with van der Waals surface area (Å²) < 4.78 is 0. The fourth-order valence-corrected chi connectivity index (χ4v) is 2.37. The van der Waals surface area contributed by atoms with E-state index in [1.807, 2.05) is 6.92 Å². The van der Waals surface area contributed by atoms with Gasteiger partial charge < -0.3 is 11.1 Å². The summed E-state index contributed by atoms with van der Waals surface area (Å²) in [6, 6.07) is 0.205. The number of amides is 1. The van der Waals surface area contributed by atoms with Crippen LogP contribution in [0.25, 0.3) is 0 Å². The monoisotopic (exact) mass is 268 g/mol. The number of nitrogens with two attached hydrogens (primary N) is 1. The molecule has 0 bridgehead atoms. The van der Waals surface area contributed by atoms with Gasteiger partial charge in [0.2, 0.25) is 11.9 Å². The Morgan fingerprint density at radius 2 is 2.33 bits per heavy atom. The molecule has 1 fully saturated rings. The zero-order valence-corrected chi connectivity index (χ0v) is 11.1. The zero-order valence-electron chi connectivity index (χ0n) is 10.3. The van der Waals surface area contributed by atoms with Crippen molar-refractivity contribution in [2.75, 3.05) is 5.32 Å². The third-order valence-electron chi connectivity index (χ3n) is 3.33. The second-order valence-electron chi connectivity index (χ2n) is 4.73. The van der Waals surface area contributed by atoms with Crippen LogP contribution in [0, 0.1) is 12.8 Å². The molecular formula is C12H17ClN4O. The molecule has 2 rings (SSSR count). The van der Waals surface area contributed by atoms with Gasteiger partial charge in [0.25, 0.3) is 0 Å². The van der Waals surface area contributed by atoms with Crippen LogP contribution in [-0.2, 0) is 4.79 Å². The summed E-state index contributed by atoms with van der Waals surface area (Å²) in [5.74, 6) is 0.311. The maximum atomic E-state index is 11.2. The summed E-state index contributed by atoms with van der Waals surface area (Å²) in [5.41, 5.74) is 6.10. The first-order chi connectivity index (χ1) is 8.56. The number of hydrogen-bond acceptors (Lipinski definition) is 4. The van der Waals surface area contributed by atoms with Gasteiger partial charge in [-0.25, -0.2) is 9.97 Å². The van der Waals surface area contributed by atoms with Gasteiger partial charge in [-0.15, -0.1) is 0 Å². The molecule has 0 radical (unpaired) electrons. The molecule has 1 aliphatic rings. The number of nitrogens with zero attached hydrogens (tertiary/aromatic N) is 2. The Bertz CT molecular complexity index is 452.